The van der Waals surface area contributed by atoms with E-state index in [4.69, 9.17) is 23.2 Å². The van der Waals surface area contributed by atoms with E-state index in [0.29, 0.717) is 15.7 Å². The first kappa shape index (κ1) is 11.8. The topological polar surface area (TPSA) is 54.9 Å². The van der Waals surface area contributed by atoms with Crippen LogP contribution in [0.3, 0.4) is 0 Å². The second kappa shape index (κ2) is 5.12. The molecule has 1 aromatic carbocycles. The summed E-state index contributed by atoms with van der Waals surface area (Å²) in [4.78, 5) is 19.3. The molecule has 0 atom stereocenters. The summed E-state index contributed by atoms with van der Waals surface area (Å²) < 4.78 is 0. The summed E-state index contributed by atoms with van der Waals surface area (Å²) in [6, 6.07) is 6.33. The van der Waals surface area contributed by atoms with Gasteiger partial charge in [-0.2, -0.15) is 0 Å². The lowest BCUT2D eigenvalue weighted by Crippen LogP contribution is -2.13. The van der Waals surface area contributed by atoms with E-state index in [1.54, 1.807) is 18.2 Å². The summed E-state index contributed by atoms with van der Waals surface area (Å²) in [7, 11) is 0. The Morgan fingerprint density at radius 2 is 2.06 bits per heavy atom. The van der Waals surface area contributed by atoms with Crippen molar-refractivity contribution in [2.24, 2.45) is 0 Å². The zero-order chi connectivity index (χ0) is 12.3. The summed E-state index contributed by atoms with van der Waals surface area (Å²) in [5, 5.41) is 3.53. The summed E-state index contributed by atoms with van der Waals surface area (Å²) in [6.07, 6.45) is 2.79. The van der Waals surface area contributed by atoms with Crippen LogP contribution in [0.4, 0.5) is 5.69 Å². The average Bonchev–Trinajstić information content (AvgIpc) is 2.35. The Balaban J connectivity index is 2.22. The molecular formula is C11H7Cl2N3O. The lowest BCUT2D eigenvalue weighted by molar-refractivity contribution is 0.102. The van der Waals surface area contributed by atoms with Crippen LogP contribution in [0.5, 0.6) is 0 Å². The fourth-order valence-corrected chi connectivity index (χ4v) is 1.54. The number of carbonyl (C=O) groups excluding carboxylic acids is 1. The molecule has 6 heteroatoms. The van der Waals surface area contributed by atoms with E-state index in [1.165, 1.54) is 18.6 Å². The molecule has 1 aromatic heterocycles. The molecule has 0 fully saturated rings. The van der Waals surface area contributed by atoms with Gasteiger partial charge in [-0.3, -0.25) is 4.79 Å². The largest absolute Gasteiger partial charge is 0.319 e. The standard InChI is InChI=1S/C11H7Cl2N3O/c12-7-1-2-8(13)10(5-7)16-11(17)9-3-4-14-6-15-9/h1-6H,(H,16,17). The van der Waals surface area contributed by atoms with Gasteiger partial charge in [-0.25, -0.2) is 9.97 Å². The predicted molar refractivity (Wildman–Crippen MR) is 66.4 cm³/mol. The van der Waals surface area contributed by atoms with E-state index in [2.05, 4.69) is 15.3 Å². The fourth-order valence-electron chi connectivity index (χ4n) is 1.20. The second-order valence-electron chi connectivity index (χ2n) is 3.17. The Labute approximate surface area is 108 Å². The fraction of sp³-hybridized carbons (Fsp3) is 0. The van der Waals surface area contributed by atoms with E-state index in [0.717, 1.165) is 0 Å². The highest BCUT2D eigenvalue weighted by molar-refractivity contribution is 6.35. The summed E-state index contributed by atoms with van der Waals surface area (Å²) in [5.41, 5.74) is 0.707. The van der Waals surface area contributed by atoms with Crippen molar-refractivity contribution in [1.82, 2.24) is 9.97 Å². The Morgan fingerprint density at radius 1 is 1.24 bits per heavy atom. The first-order valence-corrected chi connectivity index (χ1v) is 5.45. The van der Waals surface area contributed by atoms with Gasteiger partial charge in [0.15, 0.2) is 0 Å². The molecule has 0 spiro atoms. The third-order valence-corrected chi connectivity index (χ3v) is 2.56. The quantitative estimate of drug-likeness (QED) is 0.910. The molecule has 0 aliphatic rings. The van der Waals surface area contributed by atoms with Gasteiger partial charge in [-0.15, -0.1) is 0 Å². The molecule has 0 saturated carbocycles. The third kappa shape index (κ3) is 2.93. The molecule has 0 aliphatic carbocycles. The van der Waals surface area contributed by atoms with E-state index in [1.807, 2.05) is 0 Å². The zero-order valence-electron chi connectivity index (χ0n) is 8.52. The van der Waals surface area contributed by atoms with Gasteiger partial charge in [-0.05, 0) is 24.3 Å². The smallest absolute Gasteiger partial charge is 0.274 e. The number of carbonyl (C=O) groups is 1. The Morgan fingerprint density at radius 3 is 2.76 bits per heavy atom. The van der Waals surface area contributed by atoms with Crippen LogP contribution >= 0.6 is 23.2 Å². The monoisotopic (exact) mass is 267 g/mol. The molecule has 4 nitrogen and oxygen atoms in total. The maximum Gasteiger partial charge on any atom is 0.274 e. The Kier molecular flexibility index (Phi) is 3.56. The molecule has 0 unspecified atom stereocenters. The van der Waals surface area contributed by atoms with Crippen LogP contribution in [0.25, 0.3) is 0 Å². The van der Waals surface area contributed by atoms with Gasteiger partial charge in [0, 0.05) is 11.2 Å². The second-order valence-corrected chi connectivity index (χ2v) is 4.02. The Bertz CT molecular complexity index is 546. The van der Waals surface area contributed by atoms with Crippen LogP contribution in [-0.4, -0.2) is 15.9 Å². The molecule has 0 bridgehead atoms. The van der Waals surface area contributed by atoms with Crippen LogP contribution in [0.15, 0.2) is 36.8 Å². The molecule has 1 N–H and O–H groups in total. The number of benzene rings is 1. The van der Waals surface area contributed by atoms with Crippen molar-refractivity contribution in [3.8, 4) is 0 Å². The van der Waals surface area contributed by atoms with Crippen LogP contribution in [0.1, 0.15) is 10.5 Å². The molecule has 17 heavy (non-hydrogen) atoms. The number of aromatic nitrogens is 2. The minimum Gasteiger partial charge on any atom is -0.319 e. The summed E-state index contributed by atoms with van der Waals surface area (Å²) in [6.45, 7) is 0. The number of anilines is 1. The van der Waals surface area contributed by atoms with E-state index >= 15 is 0 Å². The Hall–Kier alpha value is -1.65. The van der Waals surface area contributed by atoms with Crippen LogP contribution in [-0.2, 0) is 0 Å². The van der Waals surface area contributed by atoms with E-state index in [9.17, 15) is 4.79 Å². The minimum absolute atomic E-state index is 0.260. The zero-order valence-corrected chi connectivity index (χ0v) is 10.0. The summed E-state index contributed by atoms with van der Waals surface area (Å²) in [5.74, 6) is -0.364. The van der Waals surface area contributed by atoms with E-state index in [-0.39, 0.29) is 11.6 Å². The van der Waals surface area contributed by atoms with Gasteiger partial charge in [0.1, 0.15) is 12.0 Å². The van der Waals surface area contributed by atoms with Gasteiger partial charge in [0.2, 0.25) is 0 Å². The molecule has 2 rings (SSSR count). The number of amides is 1. The maximum atomic E-state index is 11.8. The number of hydrogen-bond acceptors (Lipinski definition) is 3. The van der Waals surface area contributed by atoms with Crippen molar-refractivity contribution < 1.29 is 4.79 Å². The van der Waals surface area contributed by atoms with Crippen LogP contribution in [0.2, 0.25) is 10.0 Å². The van der Waals surface area contributed by atoms with Gasteiger partial charge in [0.05, 0.1) is 10.7 Å². The number of halogens is 2. The molecular weight excluding hydrogens is 261 g/mol. The molecule has 0 aliphatic heterocycles. The van der Waals surface area contributed by atoms with Crippen molar-refractivity contribution in [1.29, 1.82) is 0 Å². The van der Waals surface area contributed by atoms with Crippen molar-refractivity contribution >= 4 is 34.8 Å². The van der Waals surface area contributed by atoms with E-state index < -0.39 is 0 Å². The molecule has 1 heterocycles. The third-order valence-electron chi connectivity index (χ3n) is 1.99. The SMILES string of the molecule is O=C(Nc1cc(Cl)ccc1Cl)c1ccncn1. The lowest BCUT2D eigenvalue weighted by atomic mass is 10.3. The molecule has 2 aromatic rings. The van der Waals surface area contributed by atoms with Crippen molar-refractivity contribution in [2.75, 3.05) is 5.32 Å². The minimum atomic E-state index is -0.364. The maximum absolute atomic E-state index is 11.8. The molecule has 0 saturated heterocycles. The predicted octanol–water partition coefficient (Wildman–Crippen LogP) is 3.04. The highest BCUT2D eigenvalue weighted by atomic mass is 35.5. The molecule has 1 amide bonds. The van der Waals surface area contributed by atoms with Gasteiger partial charge in [0.25, 0.3) is 5.91 Å². The number of rotatable bonds is 2. The molecule has 86 valence electrons. The average molecular weight is 268 g/mol. The summed E-state index contributed by atoms with van der Waals surface area (Å²) >= 11 is 11.7. The number of nitrogens with one attached hydrogen (secondary N) is 1. The first-order chi connectivity index (χ1) is 8.16. The number of hydrogen-bond donors (Lipinski definition) is 1. The van der Waals surface area contributed by atoms with Crippen molar-refractivity contribution in [3.63, 3.8) is 0 Å². The van der Waals surface area contributed by atoms with Gasteiger partial charge in [-0.1, -0.05) is 23.2 Å². The number of nitrogens with zero attached hydrogens (tertiary/aromatic N) is 2. The highest BCUT2D eigenvalue weighted by Crippen LogP contribution is 2.25. The first-order valence-electron chi connectivity index (χ1n) is 4.69. The van der Waals surface area contributed by atoms with Crippen LogP contribution < -0.4 is 5.32 Å². The lowest BCUT2D eigenvalue weighted by Gasteiger charge is -2.06. The van der Waals surface area contributed by atoms with Gasteiger partial charge < -0.3 is 5.32 Å². The van der Waals surface area contributed by atoms with Gasteiger partial charge >= 0.3 is 0 Å². The normalized spacial score (nSPS) is 10.0. The van der Waals surface area contributed by atoms with Crippen LogP contribution in [0, 0.1) is 0 Å². The van der Waals surface area contributed by atoms with Crippen molar-refractivity contribution in [2.45, 2.75) is 0 Å². The molecule has 0 radical (unpaired) electrons. The highest BCUT2D eigenvalue weighted by Gasteiger charge is 2.09. The van der Waals surface area contributed by atoms with Crippen molar-refractivity contribution in [3.05, 3.63) is 52.5 Å².